The van der Waals surface area contributed by atoms with Gasteiger partial charge in [-0.3, -0.25) is 10.1 Å². The second-order valence-corrected chi connectivity index (χ2v) is 4.23. The van der Waals surface area contributed by atoms with Crippen molar-refractivity contribution < 1.29 is 15.1 Å². The summed E-state index contributed by atoms with van der Waals surface area (Å²) in [5.41, 5.74) is 0.224. The van der Waals surface area contributed by atoms with Gasteiger partial charge >= 0.3 is 5.70 Å². The minimum Gasteiger partial charge on any atom is -0.506 e. The number of benzene rings is 2. The van der Waals surface area contributed by atoms with Crippen LogP contribution in [-0.2, 0) is 0 Å². The molecule has 0 bridgehead atoms. The predicted molar refractivity (Wildman–Crippen MR) is 83.1 cm³/mol. The Labute approximate surface area is 126 Å². The van der Waals surface area contributed by atoms with Gasteiger partial charge in [0.2, 0.25) is 0 Å². The summed E-state index contributed by atoms with van der Waals surface area (Å²) in [5, 5.41) is 32.8. The zero-order valence-electron chi connectivity index (χ0n) is 11.4. The summed E-state index contributed by atoms with van der Waals surface area (Å²) in [6, 6.07) is 12.6. The Kier molecular flexibility index (Phi) is 4.71. The molecule has 0 saturated carbocycles. The van der Waals surface area contributed by atoms with E-state index in [2.05, 4.69) is 10.3 Å². The van der Waals surface area contributed by atoms with Gasteiger partial charge < -0.3 is 15.5 Å². The quantitative estimate of drug-likeness (QED) is 0.340. The number of allylic oxidation sites excluding steroid dienone is 1. The normalized spacial score (nSPS) is 11.5. The minimum absolute atomic E-state index is 0.0286. The van der Waals surface area contributed by atoms with Crippen LogP contribution in [0.3, 0.4) is 0 Å². The molecule has 0 fully saturated rings. The van der Waals surface area contributed by atoms with E-state index >= 15 is 0 Å². The van der Waals surface area contributed by atoms with Crippen LogP contribution in [0.5, 0.6) is 11.5 Å². The summed E-state index contributed by atoms with van der Waals surface area (Å²) in [6.07, 6.45) is 2.13. The third kappa shape index (κ3) is 3.83. The van der Waals surface area contributed by atoms with Gasteiger partial charge in [0.05, 0.1) is 16.8 Å². The van der Waals surface area contributed by atoms with E-state index in [1.165, 1.54) is 18.2 Å². The lowest BCUT2D eigenvalue weighted by atomic mass is 10.3. The van der Waals surface area contributed by atoms with Crippen LogP contribution in [0, 0.1) is 10.1 Å². The second kappa shape index (κ2) is 6.89. The fraction of sp³-hybridized carbons (Fsp3) is 0. The van der Waals surface area contributed by atoms with Crippen LogP contribution < -0.4 is 5.32 Å². The molecule has 0 unspecified atom stereocenters. The Bertz CT molecular complexity index is 741. The van der Waals surface area contributed by atoms with Gasteiger partial charge in [-0.25, -0.2) is 4.99 Å². The van der Waals surface area contributed by atoms with E-state index in [1.807, 2.05) is 0 Å². The number of phenols is 2. The number of nitro groups is 1. The Morgan fingerprint density at radius 3 is 2.36 bits per heavy atom. The first-order chi connectivity index (χ1) is 10.6. The van der Waals surface area contributed by atoms with Crippen molar-refractivity contribution in [1.82, 2.24) is 0 Å². The van der Waals surface area contributed by atoms with E-state index in [4.69, 9.17) is 0 Å². The van der Waals surface area contributed by atoms with Crippen LogP contribution in [-0.4, -0.2) is 21.4 Å². The molecule has 0 radical (unpaired) electrons. The molecule has 0 atom stereocenters. The van der Waals surface area contributed by atoms with Crippen molar-refractivity contribution in [2.45, 2.75) is 0 Å². The minimum atomic E-state index is -0.628. The van der Waals surface area contributed by atoms with Crippen LogP contribution in [0.1, 0.15) is 0 Å². The molecule has 22 heavy (non-hydrogen) atoms. The van der Waals surface area contributed by atoms with Crippen molar-refractivity contribution >= 4 is 17.6 Å². The molecule has 3 N–H and O–H groups in total. The number of phenolic OH excluding ortho intramolecular Hbond substituents is 2. The summed E-state index contributed by atoms with van der Waals surface area (Å²) >= 11 is 0. The highest BCUT2D eigenvalue weighted by atomic mass is 16.6. The fourth-order valence-corrected chi connectivity index (χ4v) is 1.59. The number of para-hydroxylation sites is 4. The molecule has 0 aliphatic rings. The molecule has 0 saturated heterocycles. The van der Waals surface area contributed by atoms with Crippen LogP contribution in [0.4, 0.5) is 11.4 Å². The highest BCUT2D eigenvalue weighted by molar-refractivity contribution is 5.80. The summed E-state index contributed by atoms with van der Waals surface area (Å²) < 4.78 is 0. The van der Waals surface area contributed by atoms with Gasteiger partial charge in [0, 0.05) is 0 Å². The van der Waals surface area contributed by atoms with Crippen molar-refractivity contribution in [2.75, 3.05) is 5.32 Å². The average molecular weight is 299 g/mol. The lowest BCUT2D eigenvalue weighted by Gasteiger charge is -2.02. The second-order valence-electron chi connectivity index (χ2n) is 4.23. The summed E-state index contributed by atoms with van der Waals surface area (Å²) in [7, 11) is 0. The van der Waals surface area contributed by atoms with Crippen molar-refractivity contribution in [3.63, 3.8) is 0 Å². The third-order valence-electron chi connectivity index (χ3n) is 2.71. The topological polar surface area (TPSA) is 108 Å². The number of nitrogens with one attached hydrogen (secondary N) is 1. The van der Waals surface area contributed by atoms with E-state index < -0.39 is 4.92 Å². The van der Waals surface area contributed by atoms with Crippen LogP contribution in [0.25, 0.3) is 0 Å². The van der Waals surface area contributed by atoms with Gasteiger partial charge in [-0.05, 0) is 24.3 Å². The number of rotatable bonds is 5. The standard InChI is InChI=1S/C15H13N3O4/c19-14-7-3-1-5-12(14)16-9-11(18(21)22)10-17-13-6-2-4-8-15(13)20/h1-10,16,19-20H/b11-9+,17-10?. The largest absolute Gasteiger partial charge is 0.506 e. The van der Waals surface area contributed by atoms with Gasteiger partial charge in [0.25, 0.3) is 0 Å². The predicted octanol–water partition coefficient (Wildman–Crippen LogP) is 3.03. The third-order valence-corrected chi connectivity index (χ3v) is 2.71. The SMILES string of the molecule is O=[N+]([O-])/C(C=Nc1ccccc1O)=C/Nc1ccccc1O. The highest BCUT2D eigenvalue weighted by Gasteiger charge is 2.08. The van der Waals surface area contributed by atoms with E-state index in [0.717, 1.165) is 12.4 Å². The average Bonchev–Trinajstić information content (AvgIpc) is 2.50. The molecular formula is C15H13N3O4. The van der Waals surface area contributed by atoms with Gasteiger partial charge in [0.1, 0.15) is 23.4 Å². The number of aliphatic imine (C=N–C) groups is 1. The van der Waals surface area contributed by atoms with Crippen molar-refractivity contribution in [1.29, 1.82) is 0 Å². The van der Waals surface area contributed by atoms with Crippen molar-refractivity contribution in [3.8, 4) is 11.5 Å². The number of aromatic hydroxyl groups is 2. The molecule has 7 heteroatoms. The number of anilines is 1. The van der Waals surface area contributed by atoms with Gasteiger partial charge in [0.15, 0.2) is 0 Å². The van der Waals surface area contributed by atoms with Gasteiger partial charge in [-0.1, -0.05) is 24.3 Å². The van der Waals surface area contributed by atoms with E-state index in [9.17, 15) is 20.3 Å². The Morgan fingerprint density at radius 2 is 1.73 bits per heavy atom. The molecule has 2 aromatic carbocycles. The lowest BCUT2D eigenvalue weighted by Crippen LogP contribution is -2.03. The molecular weight excluding hydrogens is 286 g/mol. The molecule has 0 spiro atoms. The molecule has 0 aliphatic carbocycles. The van der Waals surface area contributed by atoms with E-state index in [0.29, 0.717) is 5.69 Å². The van der Waals surface area contributed by atoms with E-state index in [1.54, 1.807) is 30.3 Å². The Hall–Kier alpha value is -3.35. The molecule has 7 nitrogen and oxygen atoms in total. The maximum Gasteiger partial charge on any atom is 0.303 e. The van der Waals surface area contributed by atoms with E-state index in [-0.39, 0.29) is 22.9 Å². The molecule has 2 rings (SSSR count). The Balaban J connectivity index is 2.20. The maximum atomic E-state index is 11.0. The number of hydrogen-bond acceptors (Lipinski definition) is 6. The first kappa shape index (κ1) is 15.0. The zero-order valence-corrected chi connectivity index (χ0v) is 11.4. The molecule has 0 aromatic heterocycles. The first-order valence-corrected chi connectivity index (χ1v) is 6.29. The summed E-state index contributed by atoms with van der Waals surface area (Å²) in [5.74, 6) is -0.103. The maximum absolute atomic E-state index is 11.0. The van der Waals surface area contributed by atoms with Crippen LogP contribution >= 0.6 is 0 Å². The summed E-state index contributed by atoms with van der Waals surface area (Å²) in [4.78, 5) is 14.2. The number of nitrogens with zero attached hydrogens (tertiary/aromatic N) is 2. The molecule has 112 valence electrons. The molecule has 0 aliphatic heterocycles. The lowest BCUT2D eigenvalue weighted by molar-refractivity contribution is -0.414. The zero-order chi connectivity index (χ0) is 15.9. The first-order valence-electron chi connectivity index (χ1n) is 6.29. The monoisotopic (exact) mass is 299 g/mol. The summed E-state index contributed by atoms with van der Waals surface area (Å²) in [6.45, 7) is 0. The van der Waals surface area contributed by atoms with Crippen LogP contribution in [0.2, 0.25) is 0 Å². The Morgan fingerprint density at radius 1 is 1.09 bits per heavy atom. The van der Waals surface area contributed by atoms with Crippen molar-refractivity contribution in [2.24, 2.45) is 4.99 Å². The molecule has 0 heterocycles. The smallest absolute Gasteiger partial charge is 0.303 e. The van der Waals surface area contributed by atoms with Gasteiger partial charge in [-0.2, -0.15) is 0 Å². The number of hydrogen-bond donors (Lipinski definition) is 3. The fourth-order valence-electron chi connectivity index (χ4n) is 1.59. The van der Waals surface area contributed by atoms with Gasteiger partial charge in [-0.15, -0.1) is 0 Å². The molecule has 0 amide bonds. The van der Waals surface area contributed by atoms with Crippen molar-refractivity contribution in [3.05, 3.63) is 70.5 Å². The highest BCUT2D eigenvalue weighted by Crippen LogP contribution is 2.25. The molecule has 2 aromatic rings. The van der Waals surface area contributed by atoms with Crippen LogP contribution in [0.15, 0.2) is 65.4 Å².